The van der Waals surface area contributed by atoms with Crippen LogP contribution in [0.3, 0.4) is 0 Å². The van der Waals surface area contributed by atoms with E-state index in [1.165, 1.54) is 5.39 Å². The fraction of sp³-hybridized carbons (Fsp3) is 0.190. The number of ether oxygens (including phenoxy) is 2. The Hall–Kier alpha value is -2.86. The van der Waals surface area contributed by atoms with Crippen LogP contribution in [-0.2, 0) is 0 Å². The van der Waals surface area contributed by atoms with Gasteiger partial charge in [-0.1, -0.05) is 55.3 Å². The summed E-state index contributed by atoms with van der Waals surface area (Å²) in [5, 5.41) is 2.30. The number of hydrogen-bond donors (Lipinski definition) is 2. The molecule has 0 heterocycles. The van der Waals surface area contributed by atoms with E-state index >= 15 is 0 Å². The summed E-state index contributed by atoms with van der Waals surface area (Å²) in [6.07, 6.45) is 1.73. The number of primary amides is 1. The molecule has 5 nitrogen and oxygen atoms in total. The summed E-state index contributed by atoms with van der Waals surface area (Å²) in [6.45, 7) is 1.19. The molecule has 2 amide bonds. The third-order valence-corrected chi connectivity index (χ3v) is 4.51. The van der Waals surface area contributed by atoms with Gasteiger partial charge in [-0.3, -0.25) is 0 Å². The minimum atomic E-state index is -0.638. The third-order valence-electron chi connectivity index (χ3n) is 4.09. The summed E-state index contributed by atoms with van der Waals surface area (Å²) in [5.74, 6) is 1.57. The van der Waals surface area contributed by atoms with Crippen LogP contribution in [-0.4, -0.2) is 19.2 Å². The highest BCUT2D eigenvalue weighted by Gasteiger charge is 2.08. The Bertz CT molecular complexity index is 911. The van der Waals surface area contributed by atoms with Gasteiger partial charge in [-0.2, -0.15) is 0 Å². The summed E-state index contributed by atoms with van der Waals surface area (Å²) < 4.78 is 12.7. The fourth-order valence-electron chi connectivity index (χ4n) is 2.73. The van der Waals surface area contributed by atoms with Crippen molar-refractivity contribution in [3.8, 4) is 11.5 Å². The molecular weight excluding hydrogens is 360 g/mol. The smallest absolute Gasteiger partial charge is 0.329 e. The number of urea groups is 1. The molecule has 0 aliphatic carbocycles. The number of rotatable bonds is 8. The lowest BCUT2D eigenvalue weighted by Crippen LogP contribution is -2.27. The number of fused-ring (bicyclic) bond motifs is 1. The number of nitrogens with two attached hydrogens (primary N) is 1. The van der Waals surface area contributed by atoms with Gasteiger partial charge in [0.15, 0.2) is 0 Å². The van der Waals surface area contributed by atoms with Gasteiger partial charge in [0, 0.05) is 11.5 Å². The van der Waals surface area contributed by atoms with E-state index in [2.05, 4.69) is 31.0 Å². The van der Waals surface area contributed by atoms with Crippen molar-refractivity contribution in [3.05, 3.63) is 66.7 Å². The van der Waals surface area contributed by atoms with Crippen molar-refractivity contribution in [1.82, 2.24) is 0 Å². The van der Waals surface area contributed by atoms with Crippen LogP contribution in [0.25, 0.3) is 10.8 Å². The zero-order valence-corrected chi connectivity index (χ0v) is 15.8. The van der Waals surface area contributed by atoms with Crippen molar-refractivity contribution in [2.75, 3.05) is 17.5 Å². The molecule has 0 radical (unpaired) electrons. The Balaban J connectivity index is 1.43. The van der Waals surface area contributed by atoms with E-state index in [9.17, 15) is 4.79 Å². The van der Waals surface area contributed by atoms with Crippen molar-refractivity contribution in [2.24, 2.45) is 5.73 Å². The van der Waals surface area contributed by atoms with Crippen LogP contribution < -0.4 is 19.5 Å². The first-order valence-electron chi connectivity index (χ1n) is 8.77. The Morgan fingerprint density at radius 2 is 1.63 bits per heavy atom. The number of unbranched alkanes of at least 4 members (excludes halogenated alkanes) is 1. The summed E-state index contributed by atoms with van der Waals surface area (Å²) in [6, 6.07) is 20.7. The lowest BCUT2D eigenvalue weighted by molar-refractivity contribution is 0.257. The molecule has 0 atom stereocenters. The minimum absolute atomic E-state index is 0.561. The van der Waals surface area contributed by atoms with Crippen LogP contribution in [0.5, 0.6) is 11.5 Å². The second-order valence-corrected chi connectivity index (χ2v) is 6.43. The molecule has 0 aliphatic heterocycles. The molecule has 0 spiro atoms. The first-order chi connectivity index (χ1) is 13.1. The first-order valence-corrected chi connectivity index (χ1v) is 9.17. The predicted octanol–water partition coefficient (Wildman–Crippen LogP) is 4.81. The molecule has 0 fully saturated rings. The van der Waals surface area contributed by atoms with Gasteiger partial charge in [-0.05, 0) is 36.4 Å². The number of carbonyl (C=O) groups is 1. The van der Waals surface area contributed by atoms with E-state index in [-0.39, 0.29) is 0 Å². The van der Waals surface area contributed by atoms with Gasteiger partial charge in [-0.25, -0.2) is 9.10 Å². The van der Waals surface area contributed by atoms with Crippen molar-refractivity contribution in [3.63, 3.8) is 0 Å². The Kier molecular flexibility index (Phi) is 6.44. The average molecular weight is 382 g/mol. The SMILES string of the molecule is NC(=O)N(S)c1cccc(OCCCCOc2cccc3ccccc23)c1. The Morgan fingerprint density at radius 1 is 0.926 bits per heavy atom. The normalized spacial score (nSPS) is 10.6. The van der Waals surface area contributed by atoms with E-state index in [1.807, 2.05) is 30.3 Å². The third kappa shape index (κ3) is 5.08. The number of benzene rings is 3. The fourth-order valence-corrected chi connectivity index (χ4v) is 2.85. The minimum Gasteiger partial charge on any atom is -0.494 e. The molecule has 0 aliphatic rings. The number of carbonyl (C=O) groups excluding carboxylic acids is 1. The van der Waals surface area contributed by atoms with Crippen molar-refractivity contribution in [1.29, 1.82) is 0 Å². The van der Waals surface area contributed by atoms with Crippen LogP contribution in [0.1, 0.15) is 12.8 Å². The molecule has 27 heavy (non-hydrogen) atoms. The molecule has 0 bridgehead atoms. The number of hydrogen-bond acceptors (Lipinski definition) is 4. The van der Waals surface area contributed by atoms with Crippen molar-refractivity contribution in [2.45, 2.75) is 12.8 Å². The topological polar surface area (TPSA) is 64.8 Å². The lowest BCUT2D eigenvalue weighted by Gasteiger charge is -2.14. The van der Waals surface area contributed by atoms with Gasteiger partial charge in [0.1, 0.15) is 11.5 Å². The molecule has 6 heteroatoms. The summed E-state index contributed by atoms with van der Waals surface area (Å²) in [4.78, 5) is 11.2. The maximum Gasteiger partial charge on any atom is 0.329 e. The largest absolute Gasteiger partial charge is 0.494 e. The maximum atomic E-state index is 11.2. The van der Waals surface area contributed by atoms with Gasteiger partial charge >= 0.3 is 6.03 Å². The summed E-state index contributed by atoms with van der Waals surface area (Å²) >= 11 is 4.05. The van der Waals surface area contributed by atoms with Gasteiger partial charge in [-0.15, -0.1) is 0 Å². The summed E-state index contributed by atoms with van der Waals surface area (Å²) in [7, 11) is 0. The number of anilines is 1. The van der Waals surface area contributed by atoms with Crippen LogP contribution in [0, 0.1) is 0 Å². The molecule has 0 aromatic heterocycles. The average Bonchev–Trinajstić information content (AvgIpc) is 2.70. The molecule has 2 N–H and O–H groups in total. The van der Waals surface area contributed by atoms with Crippen molar-refractivity contribution >= 4 is 35.3 Å². The predicted molar refractivity (Wildman–Crippen MR) is 112 cm³/mol. The second kappa shape index (κ2) is 9.19. The summed E-state index contributed by atoms with van der Waals surface area (Å²) in [5.41, 5.74) is 5.78. The van der Waals surface area contributed by atoms with Crippen LogP contribution in [0.15, 0.2) is 66.7 Å². The molecule has 3 rings (SSSR count). The quantitative estimate of drug-likeness (QED) is 0.434. The zero-order chi connectivity index (χ0) is 19.1. The van der Waals surface area contributed by atoms with E-state index in [1.54, 1.807) is 18.2 Å². The van der Waals surface area contributed by atoms with E-state index < -0.39 is 6.03 Å². The lowest BCUT2D eigenvalue weighted by atomic mass is 10.1. The molecule has 0 saturated carbocycles. The van der Waals surface area contributed by atoms with E-state index in [0.717, 1.165) is 28.3 Å². The highest BCUT2D eigenvalue weighted by atomic mass is 32.1. The number of thiol groups is 1. The van der Waals surface area contributed by atoms with Gasteiger partial charge < -0.3 is 15.2 Å². The highest BCUT2D eigenvalue weighted by molar-refractivity contribution is 7.82. The second-order valence-electron chi connectivity index (χ2n) is 6.03. The van der Waals surface area contributed by atoms with Gasteiger partial charge in [0.05, 0.1) is 18.9 Å². The van der Waals surface area contributed by atoms with E-state index in [4.69, 9.17) is 15.2 Å². The number of nitrogens with zero attached hydrogens (tertiary/aromatic N) is 1. The van der Waals surface area contributed by atoms with E-state index in [0.29, 0.717) is 24.7 Å². The van der Waals surface area contributed by atoms with Crippen LogP contribution in [0.2, 0.25) is 0 Å². The van der Waals surface area contributed by atoms with Gasteiger partial charge in [0.2, 0.25) is 0 Å². The molecular formula is C21H22N2O3S. The maximum absolute atomic E-state index is 11.2. The van der Waals surface area contributed by atoms with Crippen LogP contribution >= 0.6 is 12.8 Å². The first kappa shape index (κ1) is 18.9. The standard InChI is InChI=1S/C21H22N2O3S/c22-21(24)23(27)17-9-6-10-18(15-17)25-13-3-4-14-26-20-12-5-8-16-7-1-2-11-19(16)20/h1-2,5-12,15,27H,3-4,13-14H2,(H2,22,24). The van der Waals surface area contributed by atoms with Gasteiger partial charge in [0.25, 0.3) is 0 Å². The zero-order valence-electron chi connectivity index (χ0n) is 14.9. The highest BCUT2D eigenvalue weighted by Crippen LogP contribution is 2.25. The Morgan fingerprint density at radius 3 is 2.44 bits per heavy atom. The molecule has 0 unspecified atom stereocenters. The van der Waals surface area contributed by atoms with Crippen LogP contribution in [0.4, 0.5) is 10.5 Å². The molecule has 140 valence electrons. The van der Waals surface area contributed by atoms with Crippen molar-refractivity contribution < 1.29 is 14.3 Å². The Labute approximate surface area is 164 Å². The number of amides is 2. The molecule has 3 aromatic rings. The molecule has 3 aromatic carbocycles. The monoisotopic (exact) mass is 382 g/mol. The molecule has 0 saturated heterocycles.